The van der Waals surface area contributed by atoms with Crippen molar-refractivity contribution in [3.05, 3.63) is 23.1 Å². The topological polar surface area (TPSA) is 62.5 Å². The van der Waals surface area contributed by atoms with Crippen LogP contribution in [0.1, 0.15) is 49.9 Å². The van der Waals surface area contributed by atoms with E-state index in [1.54, 1.807) is 0 Å². The van der Waals surface area contributed by atoms with Crippen LogP contribution in [0, 0.1) is 5.41 Å². The van der Waals surface area contributed by atoms with Gasteiger partial charge in [0.1, 0.15) is 0 Å². The van der Waals surface area contributed by atoms with Gasteiger partial charge in [-0.25, -0.2) is 0 Å². The molecule has 1 amide bonds. The molecule has 0 spiro atoms. The summed E-state index contributed by atoms with van der Waals surface area (Å²) in [5, 5.41) is 13.3. The molecule has 1 fully saturated rings. The van der Waals surface area contributed by atoms with Crippen molar-refractivity contribution in [1.82, 2.24) is 5.32 Å². The number of amides is 1. The molecule has 1 aromatic rings. The first-order chi connectivity index (χ1) is 8.81. The van der Waals surface area contributed by atoms with Gasteiger partial charge in [-0.15, -0.1) is 0 Å². The fourth-order valence-electron chi connectivity index (χ4n) is 2.36. The molecule has 106 valence electrons. The maximum absolute atomic E-state index is 11.9. The van der Waals surface area contributed by atoms with Gasteiger partial charge >= 0.3 is 0 Å². The van der Waals surface area contributed by atoms with Gasteiger partial charge in [0.05, 0.1) is 17.4 Å². The average Bonchev–Trinajstić information content (AvgIpc) is 2.77. The van der Waals surface area contributed by atoms with Crippen LogP contribution in [0.4, 0.5) is 0 Å². The van der Waals surface area contributed by atoms with E-state index in [4.69, 9.17) is 16.0 Å². The Morgan fingerprint density at radius 3 is 2.58 bits per heavy atom. The second-order valence-corrected chi connectivity index (χ2v) is 6.52. The van der Waals surface area contributed by atoms with Crippen molar-refractivity contribution in [2.24, 2.45) is 5.41 Å². The van der Waals surface area contributed by atoms with Crippen LogP contribution in [-0.2, 0) is 0 Å². The highest BCUT2D eigenvalue weighted by atomic mass is 35.5. The van der Waals surface area contributed by atoms with Crippen molar-refractivity contribution in [3.63, 3.8) is 0 Å². The lowest BCUT2D eigenvalue weighted by atomic mass is 9.71. The molecule has 5 heteroatoms. The van der Waals surface area contributed by atoms with Crippen LogP contribution >= 0.6 is 11.6 Å². The Balaban J connectivity index is 1.89. The van der Waals surface area contributed by atoms with E-state index in [-0.39, 0.29) is 23.1 Å². The molecule has 0 bridgehead atoms. The van der Waals surface area contributed by atoms with Gasteiger partial charge in [-0.3, -0.25) is 4.79 Å². The summed E-state index contributed by atoms with van der Waals surface area (Å²) >= 11 is 5.74. The number of rotatable bonds is 3. The van der Waals surface area contributed by atoms with Gasteiger partial charge in [-0.2, -0.15) is 0 Å². The summed E-state index contributed by atoms with van der Waals surface area (Å²) in [4.78, 5) is 11.9. The highest BCUT2D eigenvalue weighted by molar-refractivity contribution is 6.32. The summed E-state index contributed by atoms with van der Waals surface area (Å²) in [6, 6.07) is 1.52. The lowest BCUT2D eigenvalue weighted by molar-refractivity contribution is -0.0233. The Morgan fingerprint density at radius 1 is 1.42 bits per heavy atom. The number of furan rings is 1. The van der Waals surface area contributed by atoms with Gasteiger partial charge in [-0.1, -0.05) is 13.8 Å². The van der Waals surface area contributed by atoms with Crippen LogP contribution in [0.3, 0.4) is 0 Å². The molecule has 0 atom stereocenters. The number of halogens is 1. The van der Waals surface area contributed by atoms with Gasteiger partial charge in [0.15, 0.2) is 0 Å². The molecule has 0 aromatic carbocycles. The van der Waals surface area contributed by atoms with Gasteiger partial charge in [-0.05, 0) is 48.8 Å². The van der Waals surface area contributed by atoms with Crippen LogP contribution in [0.2, 0.25) is 5.22 Å². The quantitative estimate of drug-likeness (QED) is 0.897. The number of aliphatic hydroxyl groups is 1. The Kier molecular flexibility index (Phi) is 3.92. The van der Waals surface area contributed by atoms with Crippen molar-refractivity contribution in [1.29, 1.82) is 0 Å². The van der Waals surface area contributed by atoms with Crippen molar-refractivity contribution in [2.45, 2.75) is 45.1 Å². The van der Waals surface area contributed by atoms with Crippen LogP contribution in [0.15, 0.2) is 16.7 Å². The molecule has 0 aliphatic heterocycles. The fraction of sp³-hybridized carbons (Fsp3) is 0.643. The largest absolute Gasteiger partial charge is 0.452 e. The maximum atomic E-state index is 11.9. The van der Waals surface area contributed by atoms with Gasteiger partial charge < -0.3 is 14.8 Å². The second kappa shape index (κ2) is 5.17. The lowest BCUT2D eigenvalue weighted by Crippen LogP contribution is -2.46. The summed E-state index contributed by atoms with van der Waals surface area (Å²) < 4.78 is 4.87. The predicted octanol–water partition coefficient (Wildman–Crippen LogP) is 2.99. The zero-order valence-corrected chi connectivity index (χ0v) is 12.1. The van der Waals surface area contributed by atoms with E-state index in [1.165, 1.54) is 12.3 Å². The smallest absolute Gasteiger partial charge is 0.256 e. The normalized spacial score (nSPS) is 21.1. The zero-order chi connectivity index (χ0) is 14.1. The SMILES string of the molecule is CC1(C)CCC(O)(CNC(=O)c2ccoc2Cl)CC1. The number of carbonyl (C=O) groups excluding carboxylic acids is 1. The Hall–Kier alpha value is -1.00. The van der Waals surface area contributed by atoms with Crippen LogP contribution < -0.4 is 5.32 Å². The molecule has 1 aliphatic carbocycles. The molecule has 0 saturated heterocycles. The summed E-state index contributed by atoms with van der Waals surface area (Å²) in [7, 11) is 0. The zero-order valence-electron chi connectivity index (χ0n) is 11.3. The fourth-order valence-corrected chi connectivity index (χ4v) is 2.56. The Bertz CT molecular complexity index is 457. The minimum absolute atomic E-state index is 0.0780. The number of hydrogen-bond donors (Lipinski definition) is 2. The van der Waals surface area contributed by atoms with Crippen molar-refractivity contribution in [2.75, 3.05) is 6.54 Å². The molecule has 0 unspecified atom stereocenters. The molecule has 2 rings (SSSR count). The first-order valence-electron chi connectivity index (χ1n) is 6.55. The Morgan fingerprint density at radius 2 is 2.05 bits per heavy atom. The molecule has 2 N–H and O–H groups in total. The van der Waals surface area contributed by atoms with Crippen molar-refractivity contribution < 1.29 is 14.3 Å². The third-order valence-electron chi connectivity index (χ3n) is 3.97. The Labute approximate surface area is 118 Å². The highest BCUT2D eigenvalue weighted by Gasteiger charge is 2.36. The molecule has 1 saturated carbocycles. The maximum Gasteiger partial charge on any atom is 0.256 e. The van der Waals surface area contributed by atoms with E-state index in [0.717, 1.165) is 12.8 Å². The number of hydrogen-bond acceptors (Lipinski definition) is 3. The second-order valence-electron chi connectivity index (χ2n) is 6.18. The first-order valence-corrected chi connectivity index (χ1v) is 6.93. The van der Waals surface area contributed by atoms with E-state index in [1.807, 2.05) is 0 Å². The van der Waals surface area contributed by atoms with Crippen molar-refractivity contribution in [3.8, 4) is 0 Å². The standard InChI is InChI=1S/C14H20ClNO3/c1-13(2)4-6-14(18,7-5-13)9-16-12(17)10-3-8-19-11(10)15/h3,8,18H,4-7,9H2,1-2H3,(H,16,17). The van der Waals surface area contributed by atoms with Crippen molar-refractivity contribution >= 4 is 17.5 Å². The number of nitrogens with one attached hydrogen (secondary N) is 1. The van der Waals surface area contributed by atoms with Gasteiger partial charge in [0.2, 0.25) is 5.22 Å². The van der Waals surface area contributed by atoms with Crippen LogP contribution in [0.5, 0.6) is 0 Å². The van der Waals surface area contributed by atoms with E-state index < -0.39 is 5.60 Å². The molecule has 4 nitrogen and oxygen atoms in total. The molecule has 0 radical (unpaired) electrons. The molecule has 1 aromatic heterocycles. The van der Waals surface area contributed by atoms with E-state index in [0.29, 0.717) is 18.4 Å². The molecule has 19 heavy (non-hydrogen) atoms. The summed E-state index contributed by atoms with van der Waals surface area (Å²) in [5.74, 6) is -0.308. The molecular weight excluding hydrogens is 266 g/mol. The van der Waals surface area contributed by atoms with E-state index in [9.17, 15) is 9.90 Å². The minimum atomic E-state index is -0.804. The minimum Gasteiger partial charge on any atom is -0.452 e. The molecule has 1 aliphatic rings. The third-order valence-corrected chi connectivity index (χ3v) is 4.27. The lowest BCUT2D eigenvalue weighted by Gasteiger charge is -2.40. The van der Waals surface area contributed by atoms with E-state index >= 15 is 0 Å². The summed E-state index contributed by atoms with van der Waals surface area (Å²) in [6.07, 6.45) is 4.71. The predicted molar refractivity (Wildman–Crippen MR) is 73.3 cm³/mol. The van der Waals surface area contributed by atoms with Gasteiger partial charge in [0, 0.05) is 6.54 Å². The number of carbonyl (C=O) groups is 1. The average molecular weight is 286 g/mol. The monoisotopic (exact) mass is 285 g/mol. The third kappa shape index (κ3) is 3.51. The molecule has 1 heterocycles. The highest BCUT2D eigenvalue weighted by Crippen LogP contribution is 2.39. The molecular formula is C14H20ClNO3. The van der Waals surface area contributed by atoms with Crippen LogP contribution in [0.25, 0.3) is 0 Å². The van der Waals surface area contributed by atoms with E-state index in [2.05, 4.69) is 19.2 Å². The summed E-state index contributed by atoms with van der Waals surface area (Å²) in [6.45, 7) is 4.66. The first kappa shape index (κ1) is 14.4. The van der Waals surface area contributed by atoms with Crippen LogP contribution in [-0.4, -0.2) is 23.2 Å². The van der Waals surface area contributed by atoms with Gasteiger partial charge in [0.25, 0.3) is 5.91 Å². The summed E-state index contributed by atoms with van der Waals surface area (Å²) in [5.41, 5.74) is -0.215.